The molecule has 2 aliphatic rings. The highest BCUT2D eigenvalue weighted by Gasteiger charge is 2.25. The van der Waals surface area contributed by atoms with Crippen molar-refractivity contribution in [3.63, 3.8) is 0 Å². The van der Waals surface area contributed by atoms with Crippen LogP contribution in [-0.2, 0) is 6.54 Å². The average Bonchev–Trinajstić information content (AvgIpc) is 3.37. The summed E-state index contributed by atoms with van der Waals surface area (Å²) in [5, 5.41) is 4.86. The van der Waals surface area contributed by atoms with Gasteiger partial charge in [-0.2, -0.15) is 5.10 Å². The van der Waals surface area contributed by atoms with Gasteiger partial charge in [-0.05, 0) is 63.4 Å². The normalized spacial score (nSPS) is 20.9. The van der Waals surface area contributed by atoms with Gasteiger partial charge in [0.2, 0.25) is 0 Å². The molecule has 0 aromatic carbocycles. The van der Waals surface area contributed by atoms with Crippen LogP contribution in [0.3, 0.4) is 0 Å². The number of piperidine rings is 1. The lowest BCUT2D eigenvalue weighted by Gasteiger charge is -2.31. The van der Waals surface area contributed by atoms with E-state index in [9.17, 15) is 0 Å². The summed E-state index contributed by atoms with van der Waals surface area (Å²) in [4.78, 5) is 14.5. The molecule has 0 amide bonds. The van der Waals surface area contributed by atoms with Gasteiger partial charge < -0.3 is 4.90 Å². The fraction of sp³-hybridized carbons (Fsp3) is 0.500. The van der Waals surface area contributed by atoms with Crippen molar-refractivity contribution < 1.29 is 0 Å². The Kier molecular flexibility index (Phi) is 4.72. The third-order valence-electron chi connectivity index (χ3n) is 6.01. The summed E-state index contributed by atoms with van der Waals surface area (Å²) < 4.78 is 1.98. The molecule has 5 heterocycles. The van der Waals surface area contributed by atoms with E-state index >= 15 is 0 Å². The molecule has 6 nitrogen and oxygen atoms in total. The minimum atomic E-state index is 0.397. The molecule has 0 spiro atoms. The molecule has 146 valence electrons. The van der Waals surface area contributed by atoms with Crippen molar-refractivity contribution in [3.8, 4) is 0 Å². The maximum Gasteiger partial charge on any atom is 0.156 e. The van der Waals surface area contributed by atoms with Crippen LogP contribution in [0.2, 0.25) is 0 Å². The number of hydrogen-bond donors (Lipinski definition) is 0. The van der Waals surface area contributed by atoms with E-state index in [1.54, 1.807) is 0 Å². The lowest BCUT2D eigenvalue weighted by Crippen LogP contribution is -2.34. The zero-order valence-corrected chi connectivity index (χ0v) is 16.6. The summed E-state index contributed by atoms with van der Waals surface area (Å²) in [6.45, 7) is 7.39. The third kappa shape index (κ3) is 3.61. The van der Waals surface area contributed by atoms with Gasteiger partial charge in [0.05, 0.1) is 17.6 Å². The molecule has 3 aromatic heterocycles. The number of rotatable bonds is 4. The Morgan fingerprint density at radius 2 is 1.89 bits per heavy atom. The lowest BCUT2D eigenvalue weighted by atomic mass is 9.97. The molecule has 1 atom stereocenters. The Labute approximate surface area is 166 Å². The molecule has 2 saturated heterocycles. The summed E-state index contributed by atoms with van der Waals surface area (Å²) in [7, 11) is 0. The van der Waals surface area contributed by atoms with Crippen LogP contribution < -0.4 is 4.90 Å². The number of hydrogen-bond acceptors (Lipinski definition) is 5. The maximum atomic E-state index is 4.86. The summed E-state index contributed by atoms with van der Waals surface area (Å²) in [5.41, 5.74) is 4.45. The van der Waals surface area contributed by atoms with E-state index in [-0.39, 0.29) is 0 Å². The van der Waals surface area contributed by atoms with E-state index < -0.39 is 0 Å². The monoisotopic (exact) mass is 376 g/mol. The van der Waals surface area contributed by atoms with Gasteiger partial charge in [-0.15, -0.1) is 0 Å². The first kappa shape index (κ1) is 17.6. The molecular formula is C22H28N6. The number of nitrogens with zero attached hydrogens (tertiary/aromatic N) is 6. The summed E-state index contributed by atoms with van der Waals surface area (Å²) >= 11 is 0. The second-order valence-electron chi connectivity index (χ2n) is 8.20. The fourth-order valence-electron chi connectivity index (χ4n) is 4.55. The van der Waals surface area contributed by atoms with Crippen LogP contribution in [0.1, 0.15) is 48.8 Å². The number of pyridine rings is 2. The van der Waals surface area contributed by atoms with Gasteiger partial charge in [0.25, 0.3) is 0 Å². The zero-order valence-electron chi connectivity index (χ0n) is 16.6. The number of anilines is 1. The van der Waals surface area contributed by atoms with E-state index in [1.165, 1.54) is 24.9 Å². The fourth-order valence-corrected chi connectivity index (χ4v) is 4.55. The molecule has 6 heteroatoms. The highest BCUT2D eigenvalue weighted by Crippen LogP contribution is 2.27. The second kappa shape index (κ2) is 7.51. The van der Waals surface area contributed by atoms with Crippen LogP contribution >= 0.6 is 0 Å². The summed E-state index contributed by atoms with van der Waals surface area (Å²) in [5.74, 6) is 1.38. The molecule has 0 saturated carbocycles. The van der Waals surface area contributed by atoms with Gasteiger partial charge in [-0.1, -0.05) is 6.07 Å². The van der Waals surface area contributed by atoms with E-state index in [2.05, 4.69) is 58.2 Å². The van der Waals surface area contributed by atoms with E-state index in [0.717, 1.165) is 62.0 Å². The highest BCUT2D eigenvalue weighted by molar-refractivity contribution is 5.51. The van der Waals surface area contributed by atoms with Gasteiger partial charge in [-0.25, -0.2) is 9.50 Å². The Balaban J connectivity index is 1.32. The predicted molar refractivity (Wildman–Crippen MR) is 111 cm³/mol. The lowest BCUT2D eigenvalue weighted by molar-refractivity contribution is 0.194. The van der Waals surface area contributed by atoms with Gasteiger partial charge in [0.15, 0.2) is 11.5 Å². The molecule has 0 radical (unpaired) electrons. The van der Waals surface area contributed by atoms with E-state index in [1.807, 2.05) is 4.52 Å². The van der Waals surface area contributed by atoms with Crippen LogP contribution in [0.25, 0.3) is 5.65 Å². The SMILES string of the molecule is Cc1cccc(CN2CCCC(c3nc4ccc(N5CCCC5)cn4n3)C2)n1. The number of aromatic nitrogens is 4. The molecule has 28 heavy (non-hydrogen) atoms. The van der Waals surface area contributed by atoms with Crippen molar-refractivity contribution in [1.82, 2.24) is 24.5 Å². The maximum absolute atomic E-state index is 4.86. The number of aryl methyl sites for hydroxylation is 1. The van der Waals surface area contributed by atoms with Gasteiger partial charge in [0, 0.05) is 37.8 Å². The molecule has 3 aromatic rings. The smallest absolute Gasteiger partial charge is 0.156 e. The predicted octanol–water partition coefficient (Wildman–Crippen LogP) is 3.41. The first-order valence-electron chi connectivity index (χ1n) is 10.5. The van der Waals surface area contributed by atoms with Crippen LogP contribution in [-0.4, -0.2) is 50.7 Å². The first-order valence-corrected chi connectivity index (χ1v) is 10.5. The van der Waals surface area contributed by atoms with Crippen molar-refractivity contribution in [2.24, 2.45) is 0 Å². The zero-order chi connectivity index (χ0) is 18.9. The molecule has 0 N–H and O–H groups in total. The van der Waals surface area contributed by atoms with Crippen molar-refractivity contribution in [1.29, 1.82) is 0 Å². The molecule has 1 unspecified atom stereocenters. The standard InChI is InChI=1S/C22H28N6/c1-17-6-4-8-19(23-17)15-26-11-5-7-18(14-26)22-24-21-10-9-20(16-28(21)25-22)27-12-2-3-13-27/h4,6,8-10,16,18H,2-3,5,7,11-15H2,1H3. The van der Waals surface area contributed by atoms with Crippen molar-refractivity contribution in [3.05, 3.63) is 53.7 Å². The molecule has 5 rings (SSSR count). The van der Waals surface area contributed by atoms with Crippen LogP contribution in [0.4, 0.5) is 5.69 Å². The van der Waals surface area contributed by atoms with Crippen molar-refractivity contribution >= 4 is 11.3 Å². The van der Waals surface area contributed by atoms with E-state index in [0.29, 0.717) is 5.92 Å². The van der Waals surface area contributed by atoms with Crippen LogP contribution in [0.15, 0.2) is 36.5 Å². The molecular weight excluding hydrogens is 348 g/mol. The highest BCUT2D eigenvalue weighted by atomic mass is 15.3. The second-order valence-corrected chi connectivity index (χ2v) is 8.20. The largest absolute Gasteiger partial charge is 0.370 e. The first-order chi connectivity index (χ1) is 13.7. The Morgan fingerprint density at radius 3 is 2.75 bits per heavy atom. The third-order valence-corrected chi connectivity index (χ3v) is 6.01. The average molecular weight is 377 g/mol. The van der Waals surface area contributed by atoms with Crippen LogP contribution in [0, 0.1) is 6.92 Å². The summed E-state index contributed by atoms with van der Waals surface area (Å²) in [6, 6.07) is 10.6. The number of fused-ring (bicyclic) bond motifs is 1. The van der Waals surface area contributed by atoms with Gasteiger partial charge in [-0.3, -0.25) is 9.88 Å². The molecule has 2 fully saturated rings. The Bertz CT molecular complexity index is 959. The quantitative estimate of drug-likeness (QED) is 0.698. The van der Waals surface area contributed by atoms with Gasteiger partial charge in [0.1, 0.15) is 0 Å². The van der Waals surface area contributed by atoms with Gasteiger partial charge >= 0.3 is 0 Å². The molecule has 0 bridgehead atoms. The van der Waals surface area contributed by atoms with Crippen molar-refractivity contribution in [2.45, 2.75) is 45.1 Å². The minimum Gasteiger partial charge on any atom is -0.370 e. The Hall–Kier alpha value is -2.47. The molecule has 2 aliphatic heterocycles. The Morgan fingerprint density at radius 1 is 1.00 bits per heavy atom. The summed E-state index contributed by atoms with van der Waals surface area (Å²) in [6.07, 6.45) is 7.07. The topological polar surface area (TPSA) is 49.6 Å². The minimum absolute atomic E-state index is 0.397. The molecule has 0 aliphatic carbocycles. The number of likely N-dealkylation sites (tertiary alicyclic amines) is 1. The van der Waals surface area contributed by atoms with E-state index in [4.69, 9.17) is 10.1 Å². The van der Waals surface area contributed by atoms with Crippen molar-refractivity contribution in [2.75, 3.05) is 31.1 Å². The van der Waals surface area contributed by atoms with Crippen LogP contribution in [0.5, 0.6) is 0 Å².